The molecule has 3 rings (SSSR count). The summed E-state index contributed by atoms with van der Waals surface area (Å²) in [5.41, 5.74) is 2.28. The molecule has 0 unspecified atom stereocenters. The zero-order valence-corrected chi connectivity index (χ0v) is 15.8. The molecule has 0 aromatic heterocycles. The van der Waals surface area contributed by atoms with E-state index in [2.05, 4.69) is 28.9 Å². The van der Waals surface area contributed by atoms with Gasteiger partial charge in [-0.2, -0.15) is 0 Å². The maximum Gasteiger partial charge on any atom is 0.269 e. The summed E-state index contributed by atoms with van der Waals surface area (Å²) in [5.74, 6) is 1.11. The van der Waals surface area contributed by atoms with Crippen molar-refractivity contribution >= 4 is 17.2 Å². The van der Waals surface area contributed by atoms with Gasteiger partial charge in [-0.05, 0) is 24.1 Å². The molecular formula is C21H26N4O2. The second kappa shape index (κ2) is 9.16. The summed E-state index contributed by atoms with van der Waals surface area (Å²) in [6.07, 6.45) is 2.33. The highest BCUT2D eigenvalue weighted by atomic mass is 16.6. The zero-order chi connectivity index (χ0) is 19.1. The van der Waals surface area contributed by atoms with Crippen molar-refractivity contribution in [2.45, 2.75) is 26.3 Å². The molecule has 0 bridgehead atoms. The van der Waals surface area contributed by atoms with E-state index in [0.717, 1.165) is 44.1 Å². The number of anilines is 1. The summed E-state index contributed by atoms with van der Waals surface area (Å²) in [5, 5.41) is 11.0. The number of aliphatic imine (C=N–C) groups is 1. The average Bonchev–Trinajstić information content (AvgIpc) is 3.13. The van der Waals surface area contributed by atoms with Gasteiger partial charge < -0.3 is 9.80 Å². The molecule has 2 aromatic carbocycles. The van der Waals surface area contributed by atoms with Gasteiger partial charge in [0, 0.05) is 37.5 Å². The largest absolute Gasteiger partial charge is 0.360 e. The molecular weight excluding hydrogens is 340 g/mol. The molecule has 1 heterocycles. The third-order valence-corrected chi connectivity index (χ3v) is 4.79. The Bertz CT molecular complexity index is 775. The first-order valence-electron chi connectivity index (χ1n) is 9.49. The molecule has 1 aliphatic heterocycles. The molecule has 0 N–H and O–H groups in total. The van der Waals surface area contributed by atoms with E-state index in [1.165, 1.54) is 12.0 Å². The van der Waals surface area contributed by atoms with Gasteiger partial charge in [0.25, 0.3) is 5.69 Å². The Balaban J connectivity index is 1.80. The number of benzene rings is 2. The van der Waals surface area contributed by atoms with Crippen molar-refractivity contribution in [1.82, 2.24) is 4.90 Å². The van der Waals surface area contributed by atoms with Crippen LogP contribution < -0.4 is 4.90 Å². The van der Waals surface area contributed by atoms with Crippen LogP contribution in [-0.4, -0.2) is 41.8 Å². The average molecular weight is 366 g/mol. The minimum Gasteiger partial charge on any atom is -0.360 e. The van der Waals surface area contributed by atoms with E-state index < -0.39 is 0 Å². The van der Waals surface area contributed by atoms with Crippen LogP contribution in [0.3, 0.4) is 0 Å². The minimum atomic E-state index is -0.362. The Morgan fingerprint density at radius 2 is 1.85 bits per heavy atom. The Morgan fingerprint density at radius 3 is 2.52 bits per heavy atom. The lowest BCUT2D eigenvalue weighted by atomic mass is 10.2. The van der Waals surface area contributed by atoms with Crippen molar-refractivity contribution in [2.24, 2.45) is 4.99 Å². The number of nitro benzene ring substituents is 1. The lowest BCUT2D eigenvalue weighted by molar-refractivity contribution is -0.384. The van der Waals surface area contributed by atoms with Gasteiger partial charge in [-0.1, -0.05) is 43.7 Å². The van der Waals surface area contributed by atoms with E-state index in [-0.39, 0.29) is 10.6 Å². The van der Waals surface area contributed by atoms with Gasteiger partial charge in [0.2, 0.25) is 0 Å². The van der Waals surface area contributed by atoms with E-state index in [1.54, 1.807) is 12.1 Å². The summed E-state index contributed by atoms with van der Waals surface area (Å²) in [7, 11) is 0. The fourth-order valence-electron chi connectivity index (χ4n) is 3.27. The summed E-state index contributed by atoms with van der Waals surface area (Å²) in [4.78, 5) is 19.9. The normalized spacial score (nSPS) is 13.5. The van der Waals surface area contributed by atoms with Crippen LogP contribution in [0.25, 0.3) is 0 Å². The Hall–Kier alpha value is -2.89. The predicted molar refractivity (Wildman–Crippen MR) is 109 cm³/mol. The number of amidine groups is 1. The van der Waals surface area contributed by atoms with E-state index in [1.807, 2.05) is 30.3 Å². The second-order valence-electron chi connectivity index (χ2n) is 6.75. The Morgan fingerprint density at radius 1 is 1.11 bits per heavy atom. The maximum atomic E-state index is 11.0. The van der Waals surface area contributed by atoms with Gasteiger partial charge in [-0.3, -0.25) is 15.1 Å². The number of hydrogen-bond donors (Lipinski definition) is 0. The summed E-state index contributed by atoms with van der Waals surface area (Å²) in [6, 6.07) is 17.1. The predicted octanol–water partition coefficient (Wildman–Crippen LogP) is 4.12. The number of unbranched alkanes of at least 4 members (excludes halogenated alkanes) is 1. The van der Waals surface area contributed by atoms with Crippen LogP contribution in [0, 0.1) is 10.1 Å². The van der Waals surface area contributed by atoms with Gasteiger partial charge in [-0.25, -0.2) is 0 Å². The molecule has 0 radical (unpaired) electrons. The smallest absolute Gasteiger partial charge is 0.269 e. The molecule has 0 saturated heterocycles. The first kappa shape index (κ1) is 18.9. The molecule has 0 aliphatic carbocycles. The van der Waals surface area contributed by atoms with Crippen LogP contribution in [0.1, 0.15) is 25.3 Å². The molecule has 2 aromatic rings. The van der Waals surface area contributed by atoms with E-state index in [0.29, 0.717) is 6.54 Å². The van der Waals surface area contributed by atoms with Crippen molar-refractivity contribution in [3.63, 3.8) is 0 Å². The third-order valence-electron chi connectivity index (χ3n) is 4.79. The first-order chi connectivity index (χ1) is 13.2. The van der Waals surface area contributed by atoms with Crippen molar-refractivity contribution in [2.75, 3.05) is 31.1 Å². The van der Waals surface area contributed by atoms with Crippen molar-refractivity contribution in [3.05, 3.63) is 70.3 Å². The molecule has 6 heteroatoms. The lowest BCUT2D eigenvalue weighted by Gasteiger charge is -2.29. The number of non-ortho nitro benzene ring substituents is 1. The van der Waals surface area contributed by atoms with Crippen LogP contribution in [0.15, 0.2) is 59.6 Å². The lowest BCUT2D eigenvalue weighted by Crippen LogP contribution is -2.38. The molecule has 142 valence electrons. The highest BCUT2D eigenvalue weighted by Crippen LogP contribution is 2.22. The molecule has 27 heavy (non-hydrogen) atoms. The van der Waals surface area contributed by atoms with Gasteiger partial charge >= 0.3 is 0 Å². The third kappa shape index (κ3) is 5.06. The SMILES string of the molecule is CCCCN1CCN=C1CN(Cc1ccccc1)c1ccc([N+](=O)[O-])cc1. The van der Waals surface area contributed by atoms with Crippen molar-refractivity contribution in [3.8, 4) is 0 Å². The zero-order valence-electron chi connectivity index (χ0n) is 15.8. The van der Waals surface area contributed by atoms with Crippen LogP contribution in [0.2, 0.25) is 0 Å². The molecule has 0 atom stereocenters. The number of hydrogen-bond acceptors (Lipinski definition) is 5. The van der Waals surface area contributed by atoms with Gasteiger partial charge in [0.1, 0.15) is 5.84 Å². The summed E-state index contributed by atoms with van der Waals surface area (Å²) < 4.78 is 0. The second-order valence-corrected chi connectivity index (χ2v) is 6.75. The van der Waals surface area contributed by atoms with Gasteiger partial charge in [0.15, 0.2) is 0 Å². The maximum absolute atomic E-state index is 11.0. The first-order valence-corrected chi connectivity index (χ1v) is 9.49. The topological polar surface area (TPSA) is 62.0 Å². The van der Waals surface area contributed by atoms with Crippen LogP contribution in [0.4, 0.5) is 11.4 Å². The number of nitro groups is 1. The van der Waals surface area contributed by atoms with E-state index in [4.69, 9.17) is 4.99 Å². The van der Waals surface area contributed by atoms with Crippen LogP contribution in [0.5, 0.6) is 0 Å². The molecule has 1 aliphatic rings. The summed E-state index contributed by atoms with van der Waals surface area (Å²) >= 11 is 0. The number of nitrogens with zero attached hydrogens (tertiary/aromatic N) is 4. The fourth-order valence-corrected chi connectivity index (χ4v) is 3.27. The van der Waals surface area contributed by atoms with Crippen LogP contribution >= 0.6 is 0 Å². The van der Waals surface area contributed by atoms with Crippen molar-refractivity contribution in [1.29, 1.82) is 0 Å². The molecule has 0 spiro atoms. The van der Waals surface area contributed by atoms with Crippen molar-refractivity contribution < 1.29 is 4.92 Å². The van der Waals surface area contributed by atoms with E-state index >= 15 is 0 Å². The monoisotopic (exact) mass is 366 g/mol. The highest BCUT2D eigenvalue weighted by Gasteiger charge is 2.20. The van der Waals surface area contributed by atoms with Crippen LogP contribution in [-0.2, 0) is 6.54 Å². The highest BCUT2D eigenvalue weighted by molar-refractivity contribution is 5.88. The molecule has 0 saturated carbocycles. The van der Waals surface area contributed by atoms with Gasteiger partial charge in [-0.15, -0.1) is 0 Å². The fraction of sp³-hybridized carbons (Fsp3) is 0.381. The number of rotatable bonds is 9. The minimum absolute atomic E-state index is 0.112. The molecule has 6 nitrogen and oxygen atoms in total. The Kier molecular flexibility index (Phi) is 6.41. The summed E-state index contributed by atoms with van der Waals surface area (Å²) in [6.45, 7) is 6.50. The molecule has 0 amide bonds. The van der Waals surface area contributed by atoms with E-state index in [9.17, 15) is 10.1 Å². The quantitative estimate of drug-likeness (QED) is 0.495. The van der Waals surface area contributed by atoms with Gasteiger partial charge in [0.05, 0.1) is 18.0 Å². The standard InChI is InChI=1S/C21H26N4O2/c1-2-3-14-23-15-13-22-21(23)17-24(16-18-7-5-4-6-8-18)19-9-11-20(12-10-19)25(26)27/h4-12H,2-3,13-17H2,1H3. The molecule has 0 fully saturated rings. The Labute approximate surface area is 160 Å².